The zero-order chi connectivity index (χ0) is 12.3. The fraction of sp³-hybridized carbons (Fsp3) is 0.0833. The summed E-state index contributed by atoms with van der Waals surface area (Å²) >= 11 is 5.98. The first kappa shape index (κ1) is 11.5. The van der Waals surface area contributed by atoms with Crippen LogP contribution in [0.15, 0.2) is 36.7 Å². The van der Waals surface area contributed by atoms with E-state index in [2.05, 4.69) is 15.3 Å². The molecule has 5 heteroatoms. The number of nitrogens with zero attached hydrogens (tertiary/aromatic N) is 2. The molecule has 2 heterocycles. The molecular weight excluding hydrogens is 238 g/mol. The highest BCUT2D eigenvalue weighted by molar-refractivity contribution is 6.32. The van der Waals surface area contributed by atoms with Gasteiger partial charge in [0, 0.05) is 24.9 Å². The van der Waals surface area contributed by atoms with Crippen molar-refractivity contribution in [2.24, 2.45) is 0 Å². The van der Waals surface area contributed by atoms with Crippen LogP contribution < -0.4 is 5.32 Å². The summed E-state index contributed by atoms with van der Waals surface area (Å²) in [4.78, 5) is 19.1. The molecular formula is C12H10ClN3O. The first-order valence-corrected chi connectivity index (χ1v) is 5.39. The number of carbonyl (C=O) groups excluding carboxylic acids is 1. The van der Waals surface area contributed by atoms with E-state index in [0.29, 0.717) is 5.69 Å². The van der Waals surface area contributed by atoms with Gasteiger partial charge in [-0.05, 0) is 24.3 Å². The number of aromatic nitrogens is 2. The van der Waals surface area contributed by atoms with Crippen molar-refractivity contribution in [2.45, 2.75) is 6.92 Å². The summed E-state index contributed by atoms with van der Waals surface area (Å²) in [6, 6.07) is 7.21. The van der Waals surface area contributed by atoms with Gasteiger partial charge in [0.15, 0.2) is 5.15 Å². The Kier molecular flexibility index (Phi) is 3.35. The monoisotopic (exact) mass is 247 g/mol. The van der Waals surface area contributed by atoms with Gasteiger partial charge in [-0.1, -0.05) is 11.6 Å². The van der Waals surface area contributed by atoms with Gasteiger partial charge in [-0.15, -0.1) is 0 Å². The van der Waals surface area contributed by atoms with E-state index in [0.717, 1.165) is 11.3 Å². The second kappa shape index (κ2) is 4.93. The lowest BCUT2D eigenvalue weighted by atomic mass is 10.2. The number of amides is 1. The Morgan fingerprint density at radius 3 is 2.53 bits per heavy atom. The molecule has 0 radical (unpaired) electrons. The normalized spacial score (nSPS) is 10.0. The van der Waals surface area contributed by atoms with Gasteiger partial charge in [-0.2, -0.15) is 0 Å². The Morgan fingerprint density at radius 1 is 1.24 bits per heavy atom. The lowest BCUT2D eigenvalue weighted by Gasteiger charge is -2.06. The maximum atomic E-state index is 10.9. The highest BCUT2D eigenvalue weighted by Gasteiger charge is 2.06. The summed E-state index contributed by atoms with van der Waals surface area (Å²) in [5.74, 6) is -0.176. The Balaban J connectivity index is 2.34. The van der Waals surface area contributed by atoms with Crippen LogP contribution in [0.5, 0.6) is 0 Å². The van der Waals surface area contributed by atoms with Crippen molar-refractivity contribution >= 4 is 23.2 Å². The molecule has 0 unspecified atom stereocenters. The van der Waals surface area contributed by atoms with E-state index < -0.39 is 0 Å². The van der Waals surface area contributed by atoms with Gasteiger partial charge in [-0.3, -0.25) is 9.78 Å². The SMILES string of the molecule is CC(=O)Nc1ccc(-c2ccncc2)nc1Cl. The molecule has 0 atom stereocenters. The largest absolute Gasteiger partial charge is 0.324 e. The van der Waals surface area contributed by atoms with Gasteiger partial charge in [0.1, 0.15) is 0 Å². The Morgan fingerprint density at radius 2 is 1.94 bits per heavy atom. The third-order valence-electron chi connectivity index (χ3n) is 2.14. The lowest BCUT2D eigenvalue weighted by molar-refractivity contribution is -0.114. The van der Waals surface area contributed by atoms with Gasteiger partial charge >= 0.3 is 0 Å². The number of nitrogens with one attached hydrogen (secondary N) is 1. The Labute approximate surface area is 104 Å². The molecule has 2 rings (SSSR count). The number of halogens is 1. The van der Waals surface area contributed by atoms with E-state index in [1.807, 2.05) is 12.1 Å². The molecule has 0 aromatic carbocycles. The Bertz CT molecular complexity index is 543. The zero-order valence-corrected chi connectivity index (χ0v) is 9.90. The molecule has 0 saturated heterocycles. The van der Waals surface area contributed by atoms with Crippen molar-refractivity contribution in [3.8, 4) is 11.3 Å². The molecule has 0 aliphatic carbocycles. The van der Waals surface area contributed by atoms with E-state index >= 15 is 0 Å². The number of hydrogen-bond donors (Lipinski definition) is 1. The average molecular weight is 248 g/mol. The van der Waals surface area contributed by atoms with Gasteiger partial charge in [-0.25, -0.2) is 4.98 Å². The van der Waals surface area contributed by atoms with Crippen LogP contribution in [-0.4, -0.2) is 15.9 Å². The van der Waals surface area contributed by atoms with Crippen LogP contribution in [0.1, 0.15) is 6.92 Å². The van der Waals surface area contributed by atoms with Crippen LogP contribution in [0.25, 0.3) is 11.3 Å². The molecule has 2 aromatic rings. The topological polar surface area (TPSA) is 54.9 Å². The van der Waals surface area contributed by atoms with Crippen LogP contribution in [0.2, 0.25) is 5.15 Å². The highest BCUT2D eigenvalue weighted by Crippen LogP contribution is 2.24. The van der Waals surface area contributed by atoms with Crippen molar-refractivity contribution in [1.29, 1.82) is 0 Å². The Hall–Kier alpha value is -1.94. The number of pyridine rings is 2. The standard InChI is InChI=1S/C12H10ClN3O/c1-8(17)15-11-3-2-10(16-12(11)13)9-4-6-14-7-5-9/h2-7H,1H3,(H,15,17). The number of carbonyl (C=O) groups is 1. The minimum atomic E-state index is -0.176. The van der Waals surface area contributed by atoms with Crippen molar-refractivity contribution in [1.82, 2.24) is 9.97 Å². The maximum absolute atomic E-state index is 10.9. The van der Waals surface area contributed by atoms with Crippen molar-refractivity contribution in [3.05, 3.63) is 41.8 Å². The summed E-state index contributed by atoms with van der Waals surface area (Å²) in [6.07, 6.45) is 3.37. The van der Waals surface area contributed by atoms with Crippen LogP contribution in [0.3, 0.4) is 0 Å². The van der Waals surface area contributed by atoms with Crippen LogP contribution in [0, 0.1) is 0 Å². The predicted molar refractivity (Wildman–Crippen MR) is 66.8 cm³/mol. The molecule has 2 aromatic heterocycles. The summed E-state index contributed by atoms with van der Waals surface area (Å²) in [5.41, 5.74) is 2.18. The second-order valence-corrected chi connectivity index (χ2v) is 3.81. The summed E-state index contributed by atoms with van der Waals surface area (Å²) < 4.78 is 0. The molecule has 0 fully saturated rings. The molecule has 17 heavy (non-hydrogen) atoms. The summed E-state index contributed by atoms with van der Waals surface area (Å²) in [5, 5.41) is 2.88. The fourth-order valence-corrected chi connectivity index (χ4v) is 1.60. The van der Waals surface area contributed by atoms with Crippen molar-refractivity contribution < 1.29 is 4.79 Å². The van der Waals surface area contributed by atoms with Crippen LogP contribution >= 0.6 is 11.6 Å². The number of hydrogen-bond acceptors (Lipinski definition) is 3. The average Bonchev–Trinajstić information content (AvgIpc) is 2.32. The van der Waals surface area contributed by atoms with Crippen molar-refractivity contribution in [3.63, 3.8) is 0 Å². The zero-order valence-electron chi connectivity index (χ0n) is 9.14. The van der Waals surface area contributed by atoms with Gasteiger partial charge in [0.2, 0.25) is 5.91 Å². The maximum Gasteiger partial charge on any atom is 0.221 e. The van der Waals surface area contributed by atoms with Crippen LogP contribution in [-0.2, 0) is 4.79 Å². The van der Waals surface area contributed by atoms with Gasteiger partial charge in [0.25, 0.3) is 0 Å². The molecule has 0 aliphatic rings. The third kappa shape index (κ3) is 2.79. The third-order valence-corrected chi connectivity index (χ3v) is 2.42. The second-order valence-electron chi connectivity index (χ2n) is 3.45. The summed E-state index contributed by atoms with van der Waals surface area (Å²) in [6.45, 7) is 1.42. The summed E-state index contributed by atoms with van der Waals surface area (Å²) in [7, 11) is 0. The van der Waals surface area contributed by atoms with Gasteiger partial charge in [0.05, 0.1) is 11.4 Å². The highest BCUT2D eigenvalue weighted by atomic mass is 35.5. The molecule has 1 amide bonds. The number of rotatable bonds is 2. The first-order valence-electron chi connectivity index (χ1n) is 5.01. The van der Waals surface area contributed by atoms with Gasteiger partial charge < -0.3 is 5.32 Å². The minimum absolute atomic E-state index is 0.176. The molecule has 0 bridgehead atoms. The fourth-order valence-electron chi connectivity index (χ4n) is 1.40. The van der Waals surface area contributed by atoms with E-state index in [9.17, 15) is 4.79 Å². The molecule has 4 nitrogen and oxygen atoms in total. The lowest BCUT2D eigenvalue weighted by Crippen LogP contribution is -2.06. The molecule has 0 aliphatic heterocycles. The van der Waals surface area contributed by atoms with E-state index in [-0.39, 0.29) is 11.1 Å². The van der Waals surface area contributed by atoms with E-state index in [1.165, 1.54) is 6.92 Å². The van der Waals surface area contributed by atoms with Crippen LogP contribution in [0.4, 0.5) is 5.69 Å². The predicted octanol–water partition coefficient (Wildman–Crippen LogP) is 2.76. The van der Waals surface area contributed by atoms with E-state index in [1.54, 1.807) is 24.5 Å². The van der Waals surface area contributed by atoms with E-state index in [4.69, 9.17) is 11.6 Å². The first-order chi connectivity index (χ1) is 8.16. The minimum Gasteiger partial charge on any atom is -0.324 e. The molecule has 0 spiro atoms. The molecule has 1 N–H and O–H groups in total. The quantitative estimate of drug-likeness (QED) is 0.831. The van der Waals surface area contributed by atoms with Crippen molar-refractivity contribution in [2.75, 3.05) is 5.32 Å². The molecule has 86 valence electrons. The number of anilines is 1. The molecule has 0 saturated carbocycles. The smallest absolute Gasteiger partial charge is 0.221 e.